The molecule has 1 atom stereocenters. The molecule has 0 N–H and O–H groups in total. The average Bonchev–Trinajstić information content (AvgIpc) is 3.40. The molecule has 33 heavy (non-hydrogen) atoms. The third-order valence-corrected chi connectivity index (χ3v) is 7.13. The summed E-state index contributed by atoms with van der Waals surface area (Å²) < 4.78 is 7.48. The van der Waals surface area contributed by atoms with E-state index < -0.39 is 0 Å². The molecular weight excluding hydrogens is 434 g/mol. The first kappa shape index (κ1) is 21.7. The first-order chi connectivity index (χ1) is 16.2. The van der Waals surface area contributed by atoms with Gasteiger partial charge < -0.3 is 9.30 Å². The van der Waals surface area contributed by atoms with Crippen molar-refractivity contribution in [3.8, 4) is 5.75 Å². The largest absolute Gasteiger partial charge is 0.497 e. The van der Waals surface area contributed by atoms with E-state index in [1.54, 1.807) is 12.1 Å². The van der Waals surface area contributed by atoms with Crippen LogP contribution in [0.1, 0.15) is 48.7 Å². The number of ether oxygens (including phenoxy) is 1. The molecule has 0 bridgehead atoms. The number of thioether (sulfide) groups is 1. The Kier molecular flexibility index (Phi) is 6.44. The van der Waals surface area contributed by atoms with E-state index in [2.05, 4.69) is 14.8 Å². The SMILES string of the molecule is COc1ccc([C@H]2CC(c3ccccc3)=NN2C(=O)CSc2nnc3n2CCCCC3)cc1. The molecule has 7 nitrogen and oxygen atoms in total. The maximum absolute atomic E-state index is 13.4. The van der Waals surface area contributed by atoms with Gasteiger partial charge in [-0.1, -0.05) is 60.6 Å². The van der Waals surface area contributed by atoms with Crippen LogP contribution in [0.3, 0.4) is 0 Å². The van der Waals surface area contributed by atoms with Crippen LogP contribution in [0.2, 0.25) is 0 Å². The number of methoxy groups -OCH3 is 1. The van der Waals surface area contributed by atoms with Gasteiger partial charge in [-0.3, -0.25) is 4.79 Å². The summed E-state index contributed by atoms with van der Waals surface area (Å²) in [5.41, 5.74) is 3.01. The zero-order chi connectivity index (χ0) is 22.6. The van der Waals surface area contributed by atoms with Gasteiger partial charge in [-0.25, -0.2) is 5.01 Å². The second-order valence-corrected chi connectivity index (χ2v) is 9.24. The number of benzene rings is 2. The molecule has 0 unspecified atom stereocenters. The van der Waals surface area contributed by atoms with E-state index in [4.69, 9.17) is 9.84 Å². The van der Waals surface area contributed by atoms with Crippen molar-refractivity contribution in [2.75, 3.05) is 12.9 Å². The Bertz CT molecular complexity index is 1140. The molecule has 3 heterocycles. The lowest BCUT2D eigenvalue weighted by molar-refractivity contribution is -0.130. The van der Waals surface area contributed by atoms with Crippen LogP contribution in [0.5, 0.6) is 5.75 Å². The standard InChI is InChI=1S/C25H27N5O2S/c1-32-20-13-11-19(12-14-20)22-16-21(18-8-4-2-5-9-18)28-30(22)24(31)17-33-25-27-26-23-10-6-3-7-15-29(23)25/h2,4-5,8-9,11-14,22H,3,6-7,10,15-17H2,1H3/t22-/m1/s1. The number of rotatable bonds is 6. The lowest BCUT2D eigenvalue weighted by Gasteiger charge is -2.22. The van der Waals surface area contributed by atoms with Gasteiger partial charge in [-0.15, -0.1) is 10.2 Å². The fourth-order valence-corrected chi connectivity index (χ4v) is 5.22. The fraction of sp³-hybridized carbons (Fsp3) is 0.360. The van der Waals surface area contributed by atoms with Gasteiger partial charge in [0.05, 0.1) is 24.6 Å². The number of aromatic nitrogens is 3. The van der Waals surface area contributed by atoms with Gasteiger partial charge >= 0.3 is 0 Å². The quantitative estimate of drug-likeness (QED) is 0.506. The van der Waals surface area contributed by atoms with Crippen LogP contribution in [0.25, 0.3) is 0 Å². The summed E-state index contributed by atoms with van der Waals surface area (Å²) in [6.07, 6.45) is 5.12. The van der Waals surface area contributed by atoms with Crippen molar-refractivity contribution in [3.63, 3.8) is 0 Å². The van der Waals surface area contributed by atoms with Crippen molar-refractivity contribution in [1.29, 1.82) is 0 Å². The number of hydrogen-bond donors (Lipinski definition) is 0. The smallest absolute Gasteiger partial charge is 0.253 e. The summed E-state index contributed by atoms with van der Waals surface area (Å²) >= 11 is 1.46. The summed E-state index contributed by atoms with van der Waals surface area (Å²) in [4.78, 5) is 13.4. The highest BCUT2D eigenvalue weighted by atomic mass is 32.2. The second kappa shape index (κ2) is 9.79. The highest BCUT2D eigenvalue weighted by Gasteiger charge is 2.33. The van der Waals surface area contributed by atoms with E-state index >= 15 is 0 Å². The van der Waals surface area contributed by atoms with Crippen LogP contribution in [-0.4, -0.2) is 44.3 Å². The maximum atomic E-state index is 13.4. The third-order valence-electron chi connectivity index (χ3n) is 6.17. The number of nitrogens with zero attached hydrogens (tertiary/aromatic N) is 5. The van der Waals surface area contributed by atoms with Crippen LogP contribution in [0.15, 0.2) is 64.9 Å². The summed E-state index contributed by atoms with van der Waals surface area (Å²) in [7, 11) is 1.65. The summed E-state index contributed by atoms with van der Waals surface area (Å²) in [5, 5.41) is 16.0. The van der Waals surface area contributed by atoms with Crippen molar-refractivity contribution >= 4 is 23.4 Å². The minimum atomic E-state index is -0.144. The summed E-state index contributed by atoms with van der Waals surface area (Å²) in [6, 6.07) is 17.8. The van der Waals surface area contributed by atoms with Crippen molar-refractivity contribution in [2.24, 2.45) is 5.10 Å². The Morgan fingerprint density at radius 2 is 1.88 bits per heavy atom. The van der Waals surface area contributed by atoms with E-state index in [-0.39, 0.29) is 17.7 Å². The predicted molar refractivity (Wildman–Crippen MR) is 128 cm³/mol. The molecule has 0 aliphatic carbocycles. The molecule has 0 saturated carbocycles. The Balaban J connectivity index is 1.37. The minimum Gasteiger partial charge on any atom is -0.497 e. The number of carbonyl (C=O) groups is 1. The van der Waals surface area contributed by atoms with Crippen LogP contribution in [0.4, 0.5) is 0 Å². The molecule has 8 heteroatoms. The predicted octanol–water partition coefficient (Wildman–Crippen LogP) is 4.48. The lowest BCUT2D eigenvalue weighted by Crippen LogP contribution is -2.28. The first-order valence-electron chi connectivity index (χ1n) is 11.4. The van der Waals surface area contributed by atoms with E-state index in [0.29, 0.717) is 6.42 Å². The van der Waals surface area contributed by atoms with Gasteiger partial charge in [0, 0.05) is 19.4 Å². The molecule has 0 fully saturated rings. The second-order valence-electron chi connectivity index (χ2n) is 8.29. The number of hydrogen-bond acceptors (Lipinski definition) is 6. The average molecular weight is 462 g/mol. The van der Waals surface area contributed by atoms with Crippen LogP contribution < -0.4 is 4.74 Å². The Morgan fingerprint density at radius 1 is 1.06 bits per heavy atom. The zero-order valence-corrected chi connectivity index (χ0v) is 19.5. The number of aryl methyl sites for hydroxylation is 1. The molecule has 3 aromatic rings. The highest BCUT2D eigenvalue weighted by Crippen LogP contribution is 2.34. The molecule has 0 spiro atoms. The van der Waals surface area contributed by atoms with Gasteiger partial charge in [-0.05, 0) is 36.1 Å². The highest BCUT2D eigenvalue weighted by molar-refractivity contribution is 7.99. The topological polar surface area (TPSA) is 72.6 Å². The van der Waals surface area contributed by atoms with E-state index in [9.17, 15) is 4.79 Å². The summed E-state index contributed by atoms with van der Waals surface area (Å²) in [5.74, 6) is 2.07. The molecule has 0 radical (unpaired) electrons. The molecule has 2 aliphatic heterocycles. The van der Waals surface area contributed by atoms with Crippen molar-refractivity contribution in [3.05, 3.63) is 71.5 Å². The Labute approximate surface area is 197 Å². The molecule has 5 rings (SSSR count). The number of hydrazone groups is 1. The van der Waals surface area contributed by atoms with Gasteiger partial charge in [0.1, 0.15) is 11.6 Å². The van der Waals surface area contributed by atoms with Crippen LogP contribution in [0, 0.1) is 0 Å². The van der Waals surface area contributed by atoms with Gasteiger partial charge in [0.25, 0.3) is 5.91 Å². The molecular formula is C25H27N5O2S. The van der Waals surface area contributed by atoms with E-state index in [1.807, 2.05) is 54.6 Å². The van der Waals surface area contributed by atoms with Crippen molar-refractivity contribution in [1.82, 2.24) is 19.8 Å². The van der Waals surface area contributed by atoms with Crippen LogP contribution >= 0.6 is 11.8 Å². The van der Waals surface area contributed by atoms with Crippen molar-refractivity contribution < 1.29 is 9.53 Å². The Morgan fingerprint density at radius 3 is 2.67 bits per heavy atom. The molecule has 2 aliphatic rings. The molecule has 1 aromatic heterocycles. The number of carbonyl (C=O) groups excluding carboxylic acids is 1. The van der Waals surface area contributed by atoms with Gasteiger partial charge in [0.15, 0.2) is 5.16 Å². The molecule has 2 aromatic carbocycles. The zero-order valence-electron chi connectivity index (χ0n) is 18.7. The molecule has 170 valence electrons. The third kappa shape index (κ3) is 4.66. The Hall–Kier alpha value is -3.13. The maximum Gasteiger partial charge on any atom is 0.253 e. The lowest BCUT2D eigenvalue weighted by atomic mass is 9.98. The van der Waals surface area contributed by atoms with Gasteiger partial charge in [0.2, 0.25) is 0 Å². The van der Waals surface area contributed by atoms with Gasteiger partial charge in [-0.2, -0.15) is 5.10 Å². The molecule has 1 amide bonds. The van der Waals surface area contributed by atoms with Crippen molar-refractivity contribution in [2.45, 2.75) is 49.8 Å². The number of amides is 1. The number of fused-ring (bicyclic) bond motifs is 1. The minimum absolute atomic E-state index is 0.0299. The van der Waals surface area contributed by atoms with E-state index in [0.717, 1.165) is 59.4 Å². The first-order valence-corrected chi connectivity index (χ1v) is 12.4. The monoisotopic (exact) mass is 461 g/mol. The van der Waals surface area contributed by atoms with E-state index in [1.165, 1.54) is 18.2 Å². The summed E-state index contributed by atoms with van der Waals surface area (Å²) in [6.45, 7) is 0.924. The fourth-order valence-electron chi connectivity index (χ4n) is 4.39. The van der Waals surface area contributed by atoms with Crippen LogP contribution in [-0.2, 0) is 17.8 Å². The molecule has 0 saturated heterocycles. The normalized spacial score (nSPS) is 17.9.